The third-order valence-electron chi connectivity index (χ3n) is 6.74. The van der Waals surface area contributed by atoms with Gasteiger partial charge in [0.2, 0.25) is 0 Å². The maximum Gasteiger partial charge on any atom is 0.179 e. The van der Waals surface area contributed by atoms with E-state index in [0.717, 1.165) is 50.0 Å². The molecule has 0 radical (unpaired) electrons. The first kappa shape index (κ1) is 19.4. The molecule has 0 aromatic heterocycles. The van der Waals surface area contributed by atoms with Gasteiger partial charge in [0.05, 0.1) is 28.1 Å². The number of nitrogens with zero attached hydrogens (tertiary/aromatic N) is 2. The lowest BCUT2D eigenvalue weighted by atomic mass is 10.1. The van der Waals surface area contributed by atoms with E-state index in [1.165, 1.54) is 0 Å². The van der Waals surface area contributed by atoms with Crippen LogP contribution in [0.4, 0.5) is 34.1 Å². The zero-order chi connectivity index (χ0) is 22.7. The molecule has 2 aliphatic rings. The Morgan fingerprint density at radius 3 is 1.26 bits per heavy atom. The van der Waals surface area contributed by atoms with Gasteiger partial charge in [-0.25, -0.2) is 0 Å². The molecule has 5 aromatic carbocycles. The van der Waals surface area contributed by atoms with Crippen LogP contribution in [0.15, 0.2) is 127 Å². The van der Waals surface area contributed by atoms with E-state index in [0.29, 0.717) is 0 Å². The average Bonchev–Trinajstić information content (AvgIpc) is 2.90. The third kappa shape index (κ3) is 2.50. The standard InChI is InChI=1S/C30H21N2OP/c33-34-28-20-9-7-16-24(28)31(22-12-3-1-4-13-22)26-18-11-19-27(30(26)34)32(23-14-5-2-6-15-23)25-17-8-10-21-29(25)34/h1-21H. The molecule has 0 bridgehead atoms. The number of para-hydroxylation sites is 4. The fraction of sp³-hybridized carbons (Fsp3) is 0. The first-order valence-corrected chi connectivity index (χ1v) is 13.1. The molecule has 7 rings (SSSR count). The van der Waals surface area contributed by atoms with Gasteiger partial charge in [-0.3, -0.25) is 0 Å². The molecule has 0 fully saturated rings. The Hall–Kier alpha value is -4.07. The van der Waals surface area contributed by atoms with E-state index >= 15 is 4.57 Å². The highest BCUT2D eigenvalue weighted by atomic mass is 31.2. The van der Waals surface area contributed by atoms with Crippen LogP contribution in [0.2, 0.25) is 0 Å². The van der Waals surface area contributed by atoms with E-state index in [-0.39, 0.29) is 0 Å². The van der Waals surface area contributed by atoms with Crippen molar-refractivity contribution in [3.05, 3.63) is 127 Å². The molecule has 0 saturated carbocycles. The smallest absolute Gasteiger partial charge is 0.179 e. The molecule has 0 unspecified atom stereocenters. The van der Waals surface area contributed by atoms with Gasteiger partial charge in [0.25, 0.3) is 0 Å². The van der Waals surface area contributed by atoms with Crippen LogP contribution in [0.5, 0.6) is 0 Å². The molecule has 0 atom stereocenters. The molecule has 3 nitrogen and oxygen atoms in total. The third-order valence-corrected chi connectivity index (χ3v) is 9.94. The van der Waals surface area contributed by atoms with Crippen LogP contribution in [0, 0.1) is 0 Å². The molecule has 0 aliphatic carbocycles. The number of hydrogen-bond donors (Lipinski definition) is 0. The summed E-state index contributed by atoms with van der Waals surface area (Å²) < 4.78 is 15.4. The normalized spacial score (nSPS) is 14.7. The maximum atomic E-state index is 15.4. The monoisotopic (exact) mass is 456 g/mol. The van der Waals surface area contributed by atoms with Crippen molar-refractivity contribution in [1.29, 1.82) is 0 Å². The molecule has 0 amide bonds. The summed E-state index contributed by atoms with van der Waals surface area (Å²) in [6, 6.07) is 43.3. The summed E-state index contributed by atoms with van der Waals surface area (Å²) in [5.74, 6) is 0. The summed E-state index contributed by atoms with van der Waals surface area (Å²) in [5, 5.41) is 2.68. The van der Waals surface area contributed by atoms with E-state index in [1.54, 1.807) is 0 Å². The SMILES string of the molecule is O=P12c3ccccc3N(c3ccccc3)c3cccc(c31)N(c1ccccc1)c1ccccc12. The highest BCUT2D eigenvalue weighted by Gasteiger charge is 2.48. The Labute approximate surface area is 198 Å². The summed E-state index contributed by atoms with van der Waals surface area (Å²) in [4.78, 5) is 4.50. The molecule has 162 valence electrons. The molecule has 2 aliphatic heterocycles. The van der Waals surface area contributed by atoms with Crippen LogP contribution < -0.4 is 25.7 Å². The number of hydrogen-bond acceptors (Lipinski definition) is 3. The molecular weight excluding hydrogens is 435 g/mol. The Kier molecular flexibility index (Phi) is 4.12. The zero-order valence-corrected chi connectivity index (χ0v) is 19.3. The van der Waals surface area contributed by atoms with Crippen molar-refractivity contribution in [2.45, 2.75) is 0 Å². The van der Waals surface area contributed by atoms with Gasteiger partial charge in [0.1, 0.15) is 0 Å². The molecule has 4 heteroatoms. The first-order valence-electron chi connectivity index (χ1n) is 11.4. The fourth-order valence-corrected chi connectivity index (χ4v) is 8.70. The van der Waals surface area contributed by atoms with E-state index in [1.807, 2.05) is 72.8 Å². The predicted molar refractivity (Wildman–Crippen MR) is 142 cm³/mol. The second kappa shape index (κ2) is 7.21. The zero-order valence-electron chi connectivity index (χ0n) is 18.4. The van der Waals surface area contributed by atoms with Crippen LogP contribution in [-0.4, -0.2) is 0 Å². The molecular formula is C30H21N2OP. The van der Waals surface area contributed by atoms with Gasteiger partial charge in [0, 0.05) is 22.0 Å². The molecule has 34 heavy (non-hydrogen) atoms. The van der Waals surface area contributed by atoms with Crippen molar-refractivity contribution in [3.63, 3.8) is 0 Å². The van der Waals surface area contributed by atoms with Crippen LogP contribution in [0.25, 0.3) is 0 Å². The van der Waals surface area contributed by atoms with Gasteiger partial charge >= 0.3 is 0 Å². The van der Waals surface area contributed by atoms with Crippen molar-refractivity contribution in [2.24, 2.45) is 0 Å². The maximum absolute atomic E-state index is 15.4. The van der Waals surface area contributed by atoms with Gasteiger partial charge < -0.3 is 14.4 Å². The quantitative estimate of drug-likeness (QED) is 0.265. The molecule has 5 aromatic rings. The fourth-order valence-electron chi connectivity index (χ4n) is 5.38. The summed E-state index contributed by atoms with van der Waals surface area (Å²) in [7, 11) is -3.11. The van der Waals surface area contributed by atoms with Gasteiger partial charge in [-0.2, -0.15) is 0 Å². The lowest BCUT2D eigenvalue weighted by molar-refractivity contribution is 0.592. The minimum Gasteiger partial charge on any atom is -0.309 e. The van der Waals surface area contributed by atoms with E-state index in [9.17, 15) is 0 Å². The van der Waals surface area contributed by atoms with Crippen molar-refractivity contribution >= 4 is 57.2 Å². The lowest BCUT2D eigenvalue weighted by Crippen LogP contribution is -2.42. The molecule has 0 N–H and O–H groups in total. The number of benzene rings is 5. The summed E-state index contributed by atoms with van der Waals surface area (Å²) in [6.07, 6.45) is 0. The minimum absolute atomic E-state index is 0.888. The van der Waals surface area contributed by atoms with Gasteiger partial charge in [-0.15, -0.1) is 0 Å². The Bertz CT molecular complexity index is 1480. The summed E-state index contributed by atoms with van der Waals surface area (Å²) in [5.41, 5.74) is 6.01. The van der Waals surface area contributed by atoms with E-state index < -0.39 is 7.14 Å². The second-order valence-electron chi connectivity index (χ2n) is 8.57. The highest BCUT2D eigenvalue weighted by Crippen LogP contribution is 2.60. The average molecular weight is 456 g/mol. The Balaban J connectivity index is 1.63. The lowest BCUT2D eigenvalue weighted by Gasteiger charge is -2.44. The van der Waals surface area contributed by atoms with Crippen LogP contribution in [0.1, 0.15) is 0 Å². The van der Waals surface area contributed by atoms with E-state index in [2.05, 4.69) is 64.4 Å². The summed E-state index contributed by atoms with van der Waals surface area (Å²) >= 11 is 0. The van der Waals surface area contributed by atoms with Gasteiger partial charge in [-0.05, 0) is 60.7 Å². The number of rotatable bonds is 2. The van der Waals surface area contributed by atoms with Gasteiger partial charge in [-0.1, -0.05) is 66.7 Å². The van der Waals surface area contributed by atoms with Gasteiger partial charge in [0.15, 0.2) is 7.14 Å². The Morgan fingerprint density at radius 2 is 0.794 bits per heavy atom. The molecule has 0 spiro atoms. The number of anilines is 6. The molecule has 2 heterocycles. The van der Waals surface area contributed by atoms with Crippen LogP contribution >= 0.6 is 7.14 Å². The van der Waals surface area contributed by atoms with Crippen molar-refractivity contribution in [2.75, 3.05) is 9.80 Å². The van der Waals surface area contributed by atoms with Crippen LogP contribution in [0.3, 0.4) is 0 Å². The number of fused-ring (bicyclic) bond motifs is 4. The largest absolute Gasteiger partial charge is 0.309 e. The molecule has 0 saturated heterocycles. The van der Waals surface area contributed by atoms with Crippen LogP contribution in [-0.2, 0) is 4.57 Å². The Morgan fingerprint density at radius 1 is 0.412 bits per heavy atom. The first-order chi connectivity index (χ1) is 16.8. The van der Waals surface area contributed by atoms with Crippen molar-refractivity contribution < 1.29 is 4.57 Å². The van der Waals surface area contributed by atoms with Crippen molar-refractivity contribution in [3.8, 4) is 0 Å². The minimum atomic E-state index is -3.11. The van der Waals surface area contributed by atoms with Crippen molar-refractivity contribution in [1.82, 2.24) is 0 Å². The van der Waals surface area contributed by atoms with E-state index in [4.69, 9.17) is 0 Å². The summed E-state index contributed by atoms with van der Waals surface area (Å²) in [6.45, 7) is 0. The topological polar surface area (TPSA) is 23.6 Å². The highest BCUT2D eigenvalue weighted by molar-refractivity contribution is 7.86. The second-order valence-corrected chi connectivity index (χ2v) is 11.2. The predicted octanol–water partition coefficient (Wildman–Crippen LogP) is 6.89.